The fourth-order valence-electron chi connectivity index (χ4n) is 2.94. The van der Waals surface area contributed by atoms with Gasteiger partial charge in [-0.2, -0.15) is 5.10 Å². The number of carbonyl (C=O) groups is 2. The summed E-state index contributed by atoms with van der Waals surface area (Å²) in [6.07, 6.45) is 3.83. The Balaban J connectivity index is 1.71. The Morgan fingerprint density at radius 1 is 1.19 bits per heavy atom. The van der Waals surface area contributed by atoms with Crippen LogP contribution >= 0.6 is 0 Å². The van der Waals surface area contributed by atoms with Crippen molar-refractivity contribution in [1.29, 1.82) is 0 Å². The van der Waals surface area contributed by atoms with Crippen molar-refractivity contribution >= 4 is 11.8 Å². The summed E-state index contributed by atoms with van der Waals surface area (Å²) >= 11 is 0. The van der Waals surface area contributed by atoms with Gasteiger partial charge in [0, 0.05) is 24.9 Å². The standard InChI is InChI=1S/C20H26N4O2/c1-13(2)19(25)21-10-11-22-20(26)16-12-23-24(18(16)15-8-9-15)17-7-5-4-6-14(17)3/h4-7,12-13,15H,8-11H2,1-3H3,(H,21,25)(H,22,26). The minimum atomic E-state index is -0.134. The number of aromatic nitrogens is 2. The van der Waals surface area contributed by atoms with E-state index < -0.39 is 0 Å². The van der Waals surface area contributed by atoms with Crippen LogP contribution in [0.4, 0.5) is 0 Å². The number of carbonyl (C=O) groups excluding carboxylic acids is 2. The van der Waals surface area contributed by atoms with E-state index in [-0.39, 0.29) is 17.7 Å². The quantitative estimate of drug-likeness (QED) is 0.750. The summed E-state index contributed by atoms with van der Waals surface area (Å²) in [7, 11) is 0. The summed E-state index contributed by atoms with van der Waals surface area (Å²) < 4.78 is 1.91. The number of benzene rings is 1. The molecule has 3 rings (SSSR count). The summed E-state index contributed by atoms with van der Waals surface area (Å²) in [5, 5.41) is 10.2. The van der Waals surface area contributed by atoms with Crippen LogP contribution in [0.2, 0.25) is 0 Å². The molecule has 2 aromatic rings. The molecule has 1 aromatic carbocycles. The maximum atomic E-state index is 12.6. The van der Waals surface area contributed by atoms with E-state index in [2.05, 4.69) is 15.7 Å². The Bertz CT molecular complexity index is 806. The molecule has 1 heterocycles. The van der Waals surface area contributed by atoms with Gasteiger partial charge in [0.25, 0.3) is 5.91 Å². The second kappa shape index (κ2) is 7.72. The van der Waals surface area contributed by atoms with Crippen LogP contribution in [0.15, 0.2) is 30.5 Å². The highest BCUT2D eigenvalue weighted by molar-refractivity contribution is 5.95. The first-order valence-corrected chi connectivity index (χ1v) is 9.19. The van der Waals surface area contributed by atoms with E-state index in [9.17, 15) is 9.59 Å². The van der Waals surface area contributed by atoms with E-state index in [0.29, 0.717) is 24.6 Å². The first kappa shape index (κ1) is 18.2. The molecule has 2 N–H and O–H groups in total. The number of para-hydroxylation sites is 1. The Morgan fingerprint density at radius 3 is 2.54 bits per heavy atom. The molecule has 0 atom stereocenters. The smallest absolute Gasteiger partial charge is 0.254 e. The van der Waals surface area contributed by atoms with Crippen molar-refractivity contribution in [2.45, 2.75) is 39.5 Å². The third-order valence-electron chi connectivity index (χ3n) is 4.59. The maximum absolute atomic E-state index is 12.6. The van der Waals surface area contributed by atoms with Crippen LogP contribution in [0.25, 0.3) is 5.69 Å². The first-order valence-electron chi connectivity index (χ1n) is 9.19. The second-order valence-electron chi connectivity index (χ2n) is 7.12. The number of nitrogens with one attached hydrogen (secondary N) is 2. The van der Waals surface area contributed by atoms with E-state index >= 15 is 0 Å². The average Bonchev–Trinajstić information content (AvgIpc) is 3.37. The molecule has 1 fully saturated rings. The van der Waals surface area contributed by atoms with Gasteiger partial charge in [-0.1, -0.05) is 32.0 Å². The van der Waals surface area contributed by atoms with Gasteiger partial charge in [0.1, 0.15) is 0 Å². The number of hydrogen-bond donors (Lipinski definition) is 2. The third-order valence-corrected chi connectivity index (χ3v) is 4.59. The van der Waals surface area contributed by atoms with Crippen molar-refractivity contribution in [3.63, 3.8) is 0 Å². The normalized spacial score (nSPS) is 13.7. The molecule has 6 heteroatoms. The fraction of sp³-hybridized carbons (Fsp3) is 0.450. The van der Waals surface area contributed by atoms with Crippen LogP contribution in [-0.2, 0) is 4.79 Å². The molecule has 0 spiro atoms. The van der Waals surface area contributed by atoms with Crippen LogP contribution < -0.4 is 10.6 Å². The van der Waals surface area contributed by atoms with Crippen molar-refractivity contribution in [3.8, 4) is 5.69 Å². The van der Waals surface area contributed by atoms with Gasteiger partial charge < -0.3 is 10.6 Å². The minimum absolute atomic E-state index is 0.00899. The Kier molecular flexibility index (Phi) is 5.40. The molecule has 2 amide bonds. The van der Waals surface area contributed by atoms with E-state index in [4.69, 9.17) is 0 Å². The van der Waals surface area contributed by atoms with Gasteiger partial charge in [-0.15, -0.1) is 0 Å². The Labute approximate surface area is 154 Å². The van der Waals surface area contributed by atoms with Gasteiger partial charge in [-0.05, 0) is 31.4 Å². The summed E-state index contributed by atoms with van der Waals surface area (Å²) in [4.78, 5) is 24.2. The topological polar surface area (TPSA) is 76.0 Å². The van der Waals surface area contributed by atoms with E-state index in [1.165, 1.54) is 0 Å². The summed E-state index contributed by atoms with van der Waals surface area (Å²) in [6.45, 7) is 6.56. The van der Waals surface area contributed by atoms with Crippen LogP contribution in [0.5, 0.6) is 0 Å². The predicted molar refractivity (Wildman–Crippen MR) is 100 cm³/mol. The number of hydrogen-bond acceptors (Lipinski definition) is 3. The van der Waals surface area contributed by atoms with Gasteiger partial charge in [0.05, 0.1) is 23.1 Å². The van der Waals surface area contributed by atoms with Crippen molar-refractivity contribution in [2.24, 2.45) is 5.92 Å². The van der Waals surface area contributed by atoms with Crippen LogP contribution in [0.1, 0.15) is 54.2 Å². The largest absolute Gasteiger partial charge is 0.354 e. The predicted octanol–water partition coefficient (Wildman–Crippen LogP) is 2.56. The zero-order valence-electron chi connectivity index (χ0n) is 15.6. The van der Waals surface area contributed by atoms with Crippen molar-refractivity contribution < 1.29 is 9.59 Å². The molecule has 1 aliphatic carbocycles. The molecule has 0 saturated heterocycles. The molecular formula is C20H26N4O2. The van der Waals surface area contributed by atoms with E-state index in [1.54, 1.807) is 6.20 Å². The lowest BCUT2D eigenvalue weighted by Crippen LogP contribution is -2.36. The molecule has 26 heavy (non-hydrogen) atoms. The van der Waals surface area contributed by atoms with Gasteiger partial charge in [-0.25, -0.2) is 4.68 Å². The lowest BCUT2D eigenvalue weighted by molar-refractivity contribution is -0.123. The zero-order chi connectivity index (χ0) is 18.7. The minimum Gasteiger partial charge on any atom is -0.354 e. The molecule has 0 radical (unpaired) electrons. The second-order valence-corrected chi connectivity index (χ2v) is 7.12. The molecular weight excluding hydrogens is 328 g/mol. The van der Waals surface area contributed by atoms with E-state index in [1.807, 2.05) is 49.7 Å². The molecule has 1 aromatic heterocycles. The molecule has 0 aliphatic heterocycles. The Hall–Kier alpha value is -2.63. The number of amides is 2. The van der Waals surface area contributed by atoms with Gasteiger partial charge >= 0.3 is 0 Å². The van der Waals surface area contributed by atoms with E-state index in [0.717, 1.165) is 29.8 Å². The van der Waals surface area contributed by atoms with Crippen molar-refractivity contribution in [3.05, 3.63) is 47.3 Å². The zero-order valence-corrected chi connectivity index (χ0v) is 15.6. The molecule has 0 bridgehead atoms. The molecule has 138 valence electrons. The van der Waals surface area contributed by atoms with Crippen LogP contribution in [-0.4, -0.2) is 34.7 Å². The maximum Gasteiger partial charge on any atom is 0.254 e. The number of nitrogens with zero attached hydrogens (tertiary/aromatic N) is 2. The van der Waals surface area contributed by atoms with Crippen LogP contribution in [0, 0.1) is 12.8 Å². The third kappa shape index (κ3) is 3.95. The molecule has 1 aliphatic rings. The summed E-state index contributed by atoms with van der Waals surface area (Å²) in [5.74, 6) is 0.189. The highest BCUT2D eigenvalue weighted by Gasteiger charge is 2.33. The molecule has 6 nitrogen and oxygen atoms in total. The Morgan fingerprint density at radius 2 is 1.88 bits per heavy atom. The first-order chi connectivity index (χ1) is 12.5. The monoisotopic (exact) mass is 354 g/mol. The lowest BCUT2D eigenvalue weighted by atomic mass is 10.1. The van der Waals surface area contributed by atoms with Gasteiger partial charge in [-0.3, -0.25) is 9.59 Å². The lowest BCUT2D eigenvalue weighted by Gasteiger charge is -2.12. The highest BCUT2D eigenvalue weighted by Crippen LogP contribution is 2.42. The highest BCUT2D eigenvalue weighted by atomic mass is 16.2. The molecule has 1 saturated carbocycles. The van der Waals surface area contributed by atoms with Crippen molar-refractivity contribution in [1.82, 2.24) is 20.4 Å². The van der Waals surface area contributed by atoms with Crippen LogP contribution in [0.3, 0.4) is 0 Å². The average molecular weight is 354 g/mol. The van der Waals surface area contributed by atoms with Gasteiger partial charge in [0.15, 0.2) is 0 Å². The van der Waals surface area contributed by atoms with Gasteiger partial charge in [0.2, 0.25) is 5.91 Å². The fourth-order valence-corrected chi connectivity index (χ4v) is 2.94. The molecule has 0 unspecified atom stereocenters. The number of rotatable bonds is 7. The SMILES string of the molecule is Cc1ccccc1-n1ncc(C(=O)NCCNC(=O)C(C)C)c1C1CC1. The number of aryl methyl sites for hydroxylation is 1. The van der Waals surface area contributed by atoms with Crippen molar-refractivity contribution in [2.75, 3.05) is 13.1 Å². The summed E-state index contributed by atoms with van der Waals surface area (Å²) in [6, 6.07) is 8.05. The summed E-state index contributed by atoms with van der Waals surface area (Å²) in [5.41, 5.74) is 3.76.